The van der Waals surface area contributed by atoms with Gasteiger partial charge in [-0.3, -0.25) is 4.90 Å². The maximum atomic E-state index is 11.9. The summed E-state index contributed by atoms with van der Waals surface area (Å²) < 4.78 is 5.28. The van der Waals surface area contributed by atoms with E-state index in [1.165, 1.54) is 11.1 Å². The van der Waals surface area contributed by atoms with Crippen LogP contribution < -0.4 is 4.90 Å². The molecule has 0 aliphatic carbocycles. The Bertz CT molecular complexity index is 481. The van der Waals surface area contributed by atoms with Crippen molar-refractivity contribution in [2.75, 3.05) is 11.9 Å². The van der Waals surface area contributed by atoms with Crippen molar-refractivity contribution >= 4 is 23.5 Å². The van der Waals surface area contributed by atoms with Crippen LogP contribution in [0.4, 0.5) is 10.6 Å². The Morgan fingerprint density at radius 1 is 1.58 bits per heavy atom. The molecule has 0 spiro atoms. The molecule has 0 saturated heterocycles. The first kappa shape index (κ1) is 15.5. The van der Waals surface area contributed by atoms with E-state index in [0.29, 0.717) is 17.3 Å². The highest BCUT2D eigenvalue weighted by Crippen LogP contribution is 2.22. The van der Waals surface area contributed by atoms with Gasteiger partial charge in [-0.2, -0.15) is 0 Å². The zero-order valence-electron chi connectivity index (χ0n) is 11.7. The Balaban J connectivity index is 2.93. The summed E-state index contributed by atoms with van der Waals surface area (Å²) >= 11 is 6.02. The molecule has 0 atom stereocenters. The van der Waals surface area contributed by atoms with E-state index < -0.39 is 11.7 Å². The van der Waals surface area contributed by atoms with Crippen molar-refractivity contribution in [2.24, 2.45) is 0 Å². The number of carbonyl (C=O) groups is 1. The first-order valence-electron chi connectivity index (χ1n) is 5.96. The number of anilines is 1. The van der Waals surface area contributed by atoms with E-state index in [4.69, 9.17) is 16.3 Å². The molecule has 5 heteroatoms. The van der Waals surface area contributed by atoms with Gasteiger partial charge in [0.15, 0.2) is 0 Å². The molecule has 0 aliphatic rings. The number of halogens is 1. The van der Waals surface area contributed by atoms with Gasteiger partial charge in [0.25, 0.3) is 0 Å². The minimum Gasteiger partial charge on any atom is -0.443 e. The van der Waals surface area contributed by atoms with Gasteiger partial charge in [-0.15, -0.1) is 6.58 Å². The highest BCUT2D eigenvalue weighted by molar-refractivity contribution is 6.31. The lowest BCUT2D eigenvalue weighted by atomic mass is 10.2. The zero-order chi connectivity index (χ0) is 14.6. The largest absolute Gasteiger partial charge is 0.443 e. The summed E-state index contributed by atoms with van der Waals surface area (Å²) in [4.78, 5) is 17.4. The van der Waals surface area contributed by atoms with Crippen LogP contribution in [0, 0.1) is 0 Å². The standard InChI is InChI=1S/C14H19ClN2O2/c1-6-7-10-8-12(16-9-11(10)15)17(5)13(18)19-14(2,3)4/h6,8-9H,1,7H2,2-5H3. The number of rotatable bonds is 3. The van der Waals surface area contributed by atoms with E-state index in [-0.39, 0.29) is 0 Å². The number of allylic oxidation sites excluding steroid dienone is 1. The lowest BCUT2D eigenvalue weighted by molar-refractivity contribution is 0.0588. The number of amides is 1. The van der Waals surface area contributed by atoms with E-state index in [2.05, 4.69) is 11.6 Å². The van der Waals surface area contributed by atoms with Crippen molar-refractivity contribution in [2.45, 2.75) is 32.8 Å². The second kappa shape index (κ2) is 6.06. The summed E-state index contributed by atoms with van der Waals surface area (Å²) in [6.07, 6.45) is 3.44. The maximum Gasteiger partial charge on any atom is 0.415 e. The summed E-state index contributed by atoms with van der Waals surface area (Å²) in [6, 6.07) is 1.76. The van der Waals surface area contributed by atoms with Gasteiger partial charge in [0.2, 0.25) is 0 Å². The second-order valence-electron chi connectivity index (χ2n) is 5.17. The molecule has 0 unspecified atom stereocenters. The van der Waals surface area contributed by atoms with E-state index in [0.717, 1.165) is 5.56 Å². The molecule has 4 nitrogen and oxygen atoms in total. The zero-order valence-corrected chi connectivity index (χ0v) is 12.5. The van der Waals surface area contributed by atoms with E-state index in [9.17, 15) is 4.79 Å². The average molecular weight is 283 g/mol. The molecule has 104 valence electrons. The maximum absolute atomic E-state index is 11.9. The average Bonchev–Trinajstić information content (AvgIpc) is 2.29. The fraction of sp³-hybridized carbons (Fsp3) is 0.429. The normalized spacial score (nSPS) is 11.0. The van der Waals surface area contributed by atoms with Crippen LogP contribution in [0.1, 0.15) is 26.3 Å². The van der Waals surface area contributed by atoms with Crippen LogP contribution in [-0.4, -0.2) is 23.7 Å². The van der Waals surface area contributed by atoms with Gasteiger partial charge in [-0.25, -0.2) is 9.78 Å². The van der Waals surface area contributed by atoms with Gasteiger partial charge < -0.3 is 4.74 Å². The number of hydrogen-bond donors (Lipinski definition) is 0. The third kappa shape index (κ3) is 4.56. The summed E-state index contributed by atoms with van der Waals surface area (Å²) in [5.41, 5.74) is 0.332. The summed E-state index contributed by atoms with van der Waals surface area (Å²) in [7, 11) is 1.61. The predicted molar refractivity (Wildman–Crippen MR) is 77.8 cm³/mol. The number of hydrogen-bond acceptors (Lipinski definition) is 3. The van der Waals surface area contributed by atoms with Crippen molar-refractivity contribution in [3.8, 4) is 0 Å². The topological polar surface area (TPSA) is 42.4 Å². The molecule has 0 radical (unpaired) electrons. The Kier molecular flexibility index (Phi) is 4.95. The van der Waals surface area contributed by atoms with Crippen LogP contribution in [0.25, 0.3) is 0 Å². The monoisotopic (exact) mass is 282 g/mol. The minimum atomic E-state index is -0.540. The van der Waals surface area contributed by atoms with Crippen LogP contribution in [-0.2, 0) is 11.2 Å². The number of carbonyl (C=O) groups excluding carboxylic acids is 1. The summed E-state index contributed by atoms with van der Waals surface area (Å²) in [5, 5.41) is 0.557. The first-order valence-corrected chi connectivity index (χ1v) is 6.34. The van der Waals surface area contributed by atoms with Crippen LogP contribution in [0.15, 0.2) is 24.9 Å². The molecule has 1 heterocycles. The third-order valence-electron chi connectivity index (χ3n) is 2.30. The molecule has 0 fully saturated rings. The smallest absolute Gasteiger partial charge is 0.415 e. The number of ether oxygens (including phenoxy) is 1. The molecule has 0 bridgehead atoms. The van der Waals surface area contributed by atoms with Crippen LogP contribution in [0.2, 0.25) is 5.02 Å². The van der Waals surface area contributed by atoms with Crippen LogP contribution >= 0.6 is 11.6 Å². The molecule has 0 N–H and O–H groups in total. The Labute approximate surface area is 119 Å². The molecule has 1 rings (SSSR count). The summed E-state index contributed by atoms with van der Waals surface area (Å²) in [6.45, 7) is 9.12. The highest BCUT2D eigenvalue weighted by atomic mass is 35.5. The van der Waals surface area contributed by atoms with Crippen LogP contribution in [0.3, 0.4) is 0 Å². The van der Waals surface area contributed by atoms with Gasteiger partial charge >= 0.3 is 6.09 Å². The highest BCUT2D eigenvalue weighted by Gasteiger charge is 2.21. The van der Waals surface area contributed by atoms with Gasteiger partial charge in [0, 0.05) is 13.2 Å². The molecule has 1 amide bonds. The number of aromatic nitrogens is 1. The summed E-state index contributed by atoms with van der Waals surface area (Å²) in [5.74, 6) is 0.496. The van der Waals surface area contributed by atoms with Crippen molar-refractivity contribution in [1.29, 1.82) is 0 Å². The first-order chi connectivity index (χ1) is 8.74. The molecule has 19 heavy (non-hydrogen) atoms. The van der Waals surface area contributed by atoms with Gasteiger partial charge in [0.05, 0.1) is 5.02 Å². The lowest BCUT2D eigenvalue weighted by Gasteiger charge is -2.24. The predicted octanol–water partition coefficient (Wildman–Crippen LogP) is 3.83. The molecule has 0 aromatic carbocycles. The molecule has 1 aromatic heterocycles. The second-order valence-corrected chi connectivity index (χ2v) is 5.57. The quantitative estimate of drug-likeness (QED) is 0.791. The van der Waals surface area contributed by atoms with E-state index >= 15 is 0 Å². The third-order valence-corrected chi connectivity index (χ3v) is 2.64. The fourth-order valence-electron chi connectivity index (χ4n) is 1.39. The Morgan fingerprint density at radius 3 is 2.74 bits per heavy atom. The Hall–Kier alpha value is -1.55. The van der Waals surface area contributed by atoms with E-state index in [1.54, 1.807) is 19.2 Å². The van der Waals surface area contributed by atoms with E-state index in [1.807, 2.05) is 20.8 Å². The van der Waals surface area contributed by atoms with Gasteiger partial charge in [0.1, 0.15) is 11.4 Å². The van der Waals surface area contributed by atoms with Crippen molar-refractivity contribution < 1.29 is 9.53 Å². The van der Waals surface area contributed by atoms with Gasteiger partial charge in [-0.05, 0) is 38.8 Å². The molecule has 0 saturated carbocycles. The lowest BCUT2D eigenvalue weighted by Crippen LogP contribution is -2.34. The number of nitrogens with zero attached hydrogens (tertiary/aromatic N) is 2. The number of pyridine rings is 1. The molecule has 0 aliphatic heterocycles. The molecular formula is C14H19ClN2O2. The molecule has 1 aromatic rings. The SMILES string of the molecule is C=CCc1cc(N(C)C(=O)OC(C)(C)C)ncc1Cl. The van der Waals surface area contributed by atoms with Crippen LogP contribution in [0.5, 0.6) is 0 Å². The molecular weight excluding hydrogens is 264 g/mol. The minimum absolute atomic E-state index is 0.452. The fourth-order valence-corrected chi connectivity index (χ4v) is 1.57. The van der Waals surface area contributed by atoms with Gasteiger partial charge in [-0.1, -0.05) is 17.7 Å². The van der Waals surface area contributed by atoms with Crippen molar-refractivity contribution in [3.63, 3.8) is 0 Å². The van der Waals surface area contributed by atoms with Crippen molar-refractivity contribution in [1.82, 2.24) is 4.98 Å². The van der Waals surface area contributed by atoms with Crippen molar-refractivity contribution in [3.05, 3.63) is 35.5 Å². The Morgan fingerprint density at radius 2 is 2.21 bits per heavy atom.